The molecule has 1 heterocycles. The van der Waals surface area contributed by atoms with Gasteiger partial charge in [0, 0.05) is 11.6 Å². The predicted molar refractivity (Wildman–Crippen MR) is 74.1 cm³/mol. The average Bonchev–Trinajstić information content (AvgIpc) is 2.92. The van der Waals surface area contributed by atoms with Crippen molar-refractivity contribution in [2.24, 2.45) is 0 Å². The van der Waals surface area contributed by atoms with E-state index in [0.717, 1.165) is 22.8 Å². The van der Waals surface area contributed by atoms with E-state index in [1.54, 1.807) is 0 Å². The van der Waals surface area contributed by atoms with Crippen molar-refractivity contribution in [3.05, 3.63) is 29.6 Å². The van der Waals surface area contributed by atoms with E-state index >= 15 is 0 Å². The summed E-state index contributed by atoms with van der Waals surface area (Å²) < 4.78 is 1.86. The van der Waals surface area contributed by atoms with Crippen molar-refractivity contribution in [1.29, 1.82) is 0 Å². The Labute approximate surface area is 112 Å². The number of hydrogen-bond acceptors (Lipinski definition) is 4. The molecular weight excluding hydrogens is 238 g/mol. The lowest BCUT2D eigenvalue weighted by Gasteiger charge is -2.20. The highest BCUT2D eigenvalue weighted by molar-refractivity contribution is 5.51. The zero-order chi connectivity index (χ0) is 13.2. The lowest BCUT2D eigenvalue weighted by molar-refractivity contribution is 0.422. The van der Waals surface area contributed by atoms with Crippen molar-refractivity contribution >= 4 is 5.69 Å². The van der Waals surface area contributed by atoms with Crippen molar-refractivity contribution < 1.29 is 0 Å². The molecule has 0 bridgehead atoms. The molecule has 5 heteroatoms. The SMILES string of the molecule is Cc1cc(-n2nnnc2C2CCCCC2)ccc1N. The fraction of sp³-hybridized carbons (Fsp3) is 0.500. The smallest absolute Gasteiger partial charge is 0.159 e. The van der Waals surface area contributed by atoms with Gasteiger partial charge in [-0.3, -0.25) is 0 Å². The van der Waals surface area contributed by atoms with E-state index in [2.05, 4.69) is 15.5 Å². The molecule has 0 radical (unpaired) electrons. The van der Waals surface area contributed by atoms with Crippen LogP contribution in [0.4, 0.5) is 5.69 Å². The molecule has 2 N–H and O–H groups in total. The number of anilines is 1. The van der Waals surface area contributed by atoms with Gasteiger partial charge >= 0.3 is 0 Å². The van der Waals surface area contributed by atoms with E-state index in [-0.39, 0.29) is 0 Å². The Bertz CT molecular complexity index is 569. The standard InChI is InChI=1S/C14H19N5/c1-10-9-12(7-8-13(10)15)19-14(16-17-18-19)11-5-3-2-4-6-11/h7-9,11H,2-6,15H2,1H3. The molecule has 5 nitrogen and oxygen atoms in total. The van der Waals surface area contributed by atoms with Crippen LogP contribution in [-0.4, -0.2) is 20.2 Å². The maximum absolute atomic E-state index is 5.86. The van der Waals surface area contributed by atoms with Crippen molar-refractivity contribution in [2.45, 2.75) is 44.9 Å². The molecule has 19 heavy (non-hydrogen) atoms. The molecule has 1 aliphatic rings. The van der Waals surface area contributed by atoms with Crippen LogP contribution in [0.25, 0.3) is 5.69 Å². The van der Waals surface area contributed by atoms with Crippen LogP contribution in [0, 0.1) is 6.92 Å². The van der Waals surface area contributed by atoms with Gasteiger partial charge in [0.1, 0.15) is 0 Å². The summed E-state index contributed by atoms with van der Waals surface area (Å²) in [5.41, 5.74) is 8.72. The first-order chi connectivity index (χ1) is 9.25. The number of nitrogens with two attached hydrogens (primary N) is 1. The molecule has 1 aromatic heterocycles. The molecule has 1 aliphatic carbocycles. The van der Waals surface area contributed by atoms with Gasteiger partial charge < -0.3 is 5.73 Å². The second kappa shape index (κ2) is 4.99. The first-order valence-electron chi connectivity index (χ1n) is 6.90. The first kappa shape index (κ1) is 12.1. The number of hydrogen-bond donors (Lipinski definition) is 1. The molecular formula is C14H19N5. The Hall–Kier alpha value is -1.91. The highest BCUT2D eigenvalue weighted by atomic mass is 15.5. The molecule has 0 spiro atoms. The normalized spacial score (nSPS) is 16.7. The van der Waals surface area contributed by atoms with Crippen LogP contribution in [-0.2, 0) is 0 Å². The summed E-state index contributed by atoms with van der Waals surface area (Å²) in [6.07, 6.45) is 6.26. The zero-order valence-corrected chi connectivity index (χ0v) is 11.2. The molecule has 1 fully saturated rings. The Morgan fingerprint density at radius 2 is 2.00 bits per heavy atom. The summed E-state index contributed by atoms with van der Waals surface area (Å²) in [6, 6.07) is 5.93. The van der Waals surface area contributed by atoms with Crippen LogP contribution in [0.3, 0.4) is 0 Å². The van der Waals surface area contributed by atoms with Crippen LogP contribution >= 0.6 is 0 Å². The number of nitrogens with zero attached hydrogens (tertiary/aromatic N) is 4. The molecule has 0 amide bonds. The first-order valence-corrected chi connectivity index (χ1v) is 6.90. The maximum atomic E-state index is 5.86. The van der Waals surface area contributed by atoms with Crippen LogP contribution in [0.1, 0.15) is 49.4 Å². The van der Waals surface area contributed by atoms with Gasteiger partial charge in [0.25, 0.3) is 0 Å². The average molecular weight is 257 g/mol. The maximum Gasteiger partial charge on any atom is 0.159 e. The quantitative estimate of drug-likeness (QED) is 0.839. The molecule has 1 aromatic carbocycles. The van der Waals surface area contributed by atoms with Gasteiger partial charge in [-0.05, 0) is 54.0 Å². The third-order valence-corrected chi connectivity index (χ3v) is 3.96. The fourth-order valence-electron chi connectivity index (χ4n) is 2.78. The second-order valence-corrected chi connectivity index (χ2v) is 5.32. The second-order valence-electron chi connectivity index (χ2n) is 5.32. The van der Waals surface area contributed by atoms with Crippen LogP contribution in [0.2, 0.25) is 0 Å². The summed E-state index contributed by atoms with van der Waals surface area (Å²) in [6.45, 7) is 2.00. The predicted octanol–water partition coefficient (Wildman–Crippen LogP) is 2.60. The number of rotatable bonds is 2. The molecule has 0 saturated heterocycles. The molecule has 1 saturated carbocycles. The van der Waals surface area contributed by atoms with Gasteiger partial charge in [-0.2, -0.15) is 4.68 Å². The number of aryl methyl sites for hydroxylation is 1. The van der Waals surface area contributed by atoms with Crippen molar-refractivity contribution in [3.8, 4) is 5.69 Å². The molecule has 2 aromatic rings. The van der Waals surface area contributed by atoms with Crippen molar-refractivity contribution in [1.82, 2.24) is 20.2 Å². The van der Waals surface area contributed by atoms with Gasteiger partial charge in [-0.25, -0.2) is 0 Å². The lowest BCUT2D eigenvalue weighted by atomic mass is 9.88. The zero-order valence-electron chi connectivity index (χ0n) is 11.2. The molecule has 0 atom stereocenters. The highest BCUT2D eigenvalue weighted by Crippen LogP contribution is 2.32. The van der Waals surface area contributed by atoms with Gasteiger partial charge in [0.2, 0.25) is 0 Å². The minimum atomic E-state index is 0.488. The topological polar surface area (TPSA) is 69.6 Å². The third kappa shape index (κ3) is 2.32. The van der Waals surface area contributed by atoms with Crippen molar-refractivity contribution in [2.75, 3.05) is 5.73 Å². The van der Waals surface area contributed by atoms with Crippen LogP contribution in [0.5, 0.6) is 0 Å². The van der Waals surface area contributed by atoms with Crippen molar-refractivity contribution in [3.63, 3.8) is 0 Å². The summed E-state index contributed by atoms with van der Waals surface area (Å²) >= 11 is 0. The van der Waals surface area contributed by atoms with Gasteiger partial charge in [0.15, 0.2) is 5.82 Å². The lowest BCUT2D eigenvalue weighted by Crippen LogP contribution is -2.12. The van der Waals surface area contributed by atoms with E-state index in [9.17, 15) is 0 Å². The van der Waals surface area contributed by atoms with E-state index in [1.165, 1.54) is 32.1 Å². The molecule has 100 valence electrons. The van der Waals surface area contributed by atoms with Gasteiger partial charge in [-0.15, -0.1) is 5.10 Å². The summed E-state index contributed by atoms with van der Waals surface area (Å²) in [4.78, 5) is 0. The van der Waals surface area contributed by atoms with E-state index in [0.29, 0.717) is 5.92 Å². The summed E-state index contributed by atoms with van der Waals surface area (Å²) in [7, 11) is 0. The van der Waals surface area contributed by atoms with Gasteiger partial charge in [0.05, 0.1) is 5.69 Å². The minimum absolute atomic E-state index is 0.488. The molecule has 3 rings (SSSR count). The summed E-state index contributed by atoms with van der Waals surface area (Å²) in [5, 5.41) is 12.2. The summed E-state index contributed by atoms with van der Waals surface area (Å²) in [5.74, 6) is 1.48. The van der Waals surface area contributed by atoms with E-state index < -0.39 is 0 Å². The van der Waals surface area contributed by atoms with Gasteiger partial charge in [-0.1, -0.05) is 19.3 Å². The minimum Gasteiger partial charge on any atom is -0.399 e. The molecule has 0 unspecified atom stereocenters. The van der Waals surface area contributed by atoms with Crippen LogP contribution < -0.4 is 5.73 Å². The Morgan fingerprint density at radius 3 is 2.74 bits per heavy atom. The molecule has 0 aliphatic heterocycles. The number of benzene rings is 1. The number of tetrazole rings is 1. The Morgan fingerprint density at radius 1 is 1.21 bits per heavy atom. The monoisotopic (exact) mass is 257 g/mol. The van der Waals surface area contributed by atoms with E-state index in [1.807, 2.05) is 29.8 Å². The largest absolute Gasteiger partial charge is 0.399 e. The Balaban J connectivity index is 1.96. The fourth-order valence-corrected chi connectivity index (χ4v) is 2.78. The number of aromatic nitrogens is 4. The third-order valence-electron chi connectivity index (χ3n) is 3.96. The van der Waals surface area contributed by atoms with Crippen LogP contribution in [0.15, 0.2) is 18.2 Å². The van der Waals surface area contributed by atoms with E-state index in [4.69, 9.17) is 5.73 Å². The Kier molecular flexibility index (Phi) is 3.19. The highest BCUT2D eigenvalue weighted by Gasteiger charge is 2.22. The number of nitrogen functional groups attached to an aromatic ring is 1.